The Kier molecular flexibility index (Phi) is 5.53. The zero-order valence-electron chi connectivity index (χ0n) is 14.7. The first-order valence-corrected chi connectivity index (χ1v) is 10.2. The molecule has 0 aliphatic carbocycles. The number of halogens is 1. The van der Waals surface area contributed by atoms with Gasteiger partial charge in [0.15, 0.2) is 5.78 Å². The van der Waals surface area contributed by atoms with Crippen LogP contribution < -0.4 is 0 Å². The van der Waals surface area contributed by atoms with Crippen LogP contribution in [0.5, 0.6) is 0 Å². The molecule has 26 heavy (non-hydrogen) atoms. The van der Waals surface area contributed by atoms with Crippen molar-refractivity contribution in [3.8, 4) is 0 Å². The van der Waals surface area contributed by atoms with Crippen molar-refractivity contribution in [2.24, 2.45) is 0 Å². The van der Waals surface area contributed by atoms with E-state index in [4.69, 9.17) is 0 Å². The number of carbonyl (C=O) groups excluding carboxylic acids is 1. The van der Waals surface area contributed by atoms with E-state index in [0.717, 1.165) is 24.8 Å². The summed E-state index contributed by atoms with van der Waals surface area (Å²) in [5.74, 6) is -0.432. The molecule has 0 radical (unpaired) electrons. The molecule has 0 N–H and O–H groups in total. The van der Waals surface area contributed by atoms with Gasteiger partial charge in [-0.3, -0.25) is 4.79 Å². The molecule has 1 aliphatic heterocycles. The van der Waals surface area contributed by atoms with Gasteiger partial charge in [0, 0.05) is 18.7 Å². The van der Waals surface area contributed by atoms with E-state index < -0.39 is 10.0 Å². The molecule has 1 fully saturated rings. The van der Waals surface area contributed by atoms with Crippen LogP contribution in [0.2, 0.25) is 0 Å². The van der Waals surface area contributed by atoms with Crippen LogP contribution in [0, 0.1) is 5.82 Å². The van der Waals surface area contributed by atoms with Crippen LogP contribution in [0.15, 0.2) is 53.4 Å². The second kappa shape index (κ2) is 7.68. The molecule has 2 aromatic rings. The number of ketones is 1. The van der Waals surface area contributed by atoms with Gasteiger partial charge in [0.2, 0.25) is 10.0 Å². The molecule has 0 saturated carbocycles. The summed E-state index contributed by atoms with van der Waals surface area (Å²) < 4.78 is 40.9. The van der Waals surface area contributed by atoms with E-state index in [-0.39, 0.29) is 22.4 Å². The molecule has 0 bridgehead atoms. The van der Waals surface area contributed by atoms with E-state index in [1.54, 1.807) is 24.3 Å². The maximum Gasteiger partial charge on any atom is 0.243 e. The van der Waals surface area contributed by atoms with E-state index in [1.165, 1.54) is 35.5 Å². The fourth-order valence-electron chi connectivity index (χ4n) is 3.36. The Morgan fingerprint density at radius 1 is 1.12 bits per heavy atom. The first-order chi connectivity index (χ1) is 12.4. The normalized spacial score (nSPS) is 19.1. The maximum absolute atomic E-state index is 13.2. The highest BCUT2D eigenvalue weighted by molar-refractivity contribution is 7.89. The molecular weight excluding hydrogens is 353 g/mol. The van der Waals surface area contributed by atoms with Crippen LogP contribution in [0.25, 0.3) is 0 Å². The number of hydrogen-bond donors (Lipinski definition) is 0. The molecule has 1 saturated heterocycles. The standard InChI is InChI=1S/C20H22FNO3S/c1-15(23)17-6-4-7-20(13-17)26(24,25)22-12-3-2-5-18(14-22)16-8-10-19(21)11-9-16/h4,6-11,13,18H,2-3,5,12,14H2,1H3. The molecule has 138 valence electrons. The Hall–Kier alpha value is -2.05. The summed E-state index contributed by atoms with van der Waals surface area (Å²) in [5.41, 5.74) is 1.34. The third-order valence-electron chi connectivity index (χ3n) is 4.85. The van der Waals surface area contributed by atoms with Crippen LogP contribution in [0.4, 0.5) is 4.39 Å². The molecule has 0 spiro atoms. The fraction of sp³-hybridized carbons (Fsp3) is 0.350. The monoisotopic (exact) mass is 375 g/mol. The molecule has 4 nitrogen and oxygen atoms in total. The highest BCUT2D eigenvalue weighted by Crippen LogP contribution is 2.30. The number of Topliss-reactive ketones (excluding diaryl/α,β-unsaturated/α-hetero) is 1. The molecule has 6 heteroatoms. The summed E-state index contributed by atoms with van der Waals surface area (Å²) in [7, 11) is -3.68. The zero-order valence-corrected chi connectivity index (χ0v) is 15.5. The molecular formula is C20H22FNO3S. The van der Waals surface area contributed by atoms with Gasteiger partial charge in [0.25, 0.3) is 0 Å². The Labute approximate surface area is 153 Å². The summed E-state index contributed by atoms with van der Waals surface area (Å²) in [6, 6.07) is 12.5. The number of nitrogens with zero attached hydrogens (tertiary/aromatic N) is 1. The quantitative estimate of drug-likeness (QED) is 0.760. The predicted molar refractivity (Wildman–Crippen MR) is 98.2 cm³/mol. The second-order valence-electron chi connectivity index (χ2n) is 6.69. The van der Waals surface area contributed by atoms with Crippen molar-refractivity contribution in [2.45, 2.75) is 37.0 Å². The van der Waals surface area contributed by atoms with Crippen LogP contribution in [0.3, 0.4) is 0 Å². The van der Waals surface area contributed by atoms with Gasteiger partial charge in [-0.25, -0.2) is 12.8 Å². The van der Waals surface area contributed by atoms with Crippen molar-refractivity contribution in [2.75, 3.05) is 13.1 Å². The molecule has 1 heterocycles. The highest BCUT2D eigenvalue weighted by atomic mass is 32.2. The molecule has 0 amide bonds. The van der Waals surface area contributed by atoms with E-state index in [0.29, 0.717) is 18.7 Å². The maximum atomic E-state index is 13.2. The topological polar surface area (TPSA) is 54.5 Å². The Balaban J connectivity index is 1.89. The minimum Gasteiger partial charge on any atom is -0.295 e. The van der Waals surface area contributed by atoms with Gasteiger partial charge in [-0.2, -0.15) is 4.31 Å². The zero-order chi connectivity index (χ0) is 18.7. The highest BCUT2D eigenvalue weighted by Gasteiger charge is 2.29. The first kappa shape index (κ1) is 18.7. The fourth-order valence-corrected chi connectivity index (χ4v) is 4.93. The van der Waals surface area contributed by atoms with E-state index in [2.05, 4.69) is 0 Å². The van der Waals surface area contributed by atoms with Crippen LogP contribution >= 0.6 is 0 Å². The lowest BCUT2D eigenvalue weighted by atomic mass is 9.95. The van der Waals surface area contributed by atoms with Crippen molar-refractivity contribution in [3.63, 3.8) is 0 Å². The Morgan fingerprint density at radius 2 is 1.85 bits per heavy atom. The molecule has 3 rings (SSSR count). The molecule has 1 unspecified atom stereocenters. The minimum atomic E-state index is -3.68. The number of rotatable bonds is 4. The molecule has 1 aliphatic rings. The van der Waals surface area contributed by atoms with Crippen LogP contribution in [0.1, 0.15) is 48.0 Å². The minimum absolute atomic E-state index is 0.0314. The summed E-state index contributed by atoms with van der Waals surface area (Å²) in [6.45, 7) is 2.23. The lowest BCUT2D eigenvalue weighted by Crippen LogP contribution is -2.34. The third kappa shape index (κ3) is 4.02. The lowest BCUT2D eigenvalue weighted by molar-refractivity contribution is 0.101. The number of sulfonamides is 1. The Morgan fingerprint density at radius 3 is 2.54 bits per heavy atom. The Bertz CT molecular complexity index is 894. The second-order valence-corrected chi connectivity index (χ2v) is 8.63. The van der Waals surface area contributed by atoms with E-state index in [9.17, 15) is 17.6 Å². The first-order valence-electron chi connectivity index (χ1n) is 8.74. The van der Waals surface area contributed by atoms with Crippen molar-refractivity contribution in [1.82, 2.24) is 4.31 Å². The predicted octanol–water partition coefficient (Wildman–Crippen LogP) is 3.99. The number of hydrogen-bond acceptors (Lipinski definition) is 3. The van der Waals surface area contributed by atoms with Gasteiger partial charge in [-0.05, 0) is 55.5 Å². The van der Waals surface area contributed by atoms with E-state index in [1.807, 2.05) is 0 Å². The summed E-state index contributed by atoms with van der Waals surface area (Å²) >= 11 is 0. The van der Waals surface area contributed by atoms with Crippen molar-refractivity contribution in [1.29, 1.82) is 0 Å². The average molecular weight is 375 g/mol. The van der Waals surface area contributed by atoms with Crippen molar-refractivity contribution >= 4 is 15.8 Å². The largest absolute Gasteiger partial charge is 0.295 e. The van der Waals surface area contributed by atoms with Crippen molar-refractivity contribution < 1.29 is 17.6 Å². The van der Waals surface area contributed by atoms with Crippen molar-refractivity contribution in [3.05, 3.63) is 65.5 Å². The number of benzene rings is 2. The van der Waals surface area contributed by atoms with Gasteiger partial charge in [-0.15, -0.1) is 0 Å². The van der Waals surface area contributed by atoms with E-state index >= 15 is 0 Å². The molecule has 0 aromatic heterocycles. The molecule has 1 atom stereocenters. The third-order valence-corrected chi connectivity index (χ3v) is 6.72. The smallest absolute Gasteiger partial charge is 0.243 e. The van der Waals surface area contributed by atoms with Gasteiger partial charge >= 0.3 is 0 Å². The van der Waals surface area contributed by atoms with Gasteiger partial charge < -0.3 is 0 Å². The summed E-state index contributed by atoms with van der Waals surface area (Å²) in [5, 5.41) is 0. The summed E-state index contributed by atoms with van der Waals surface area (Å²) in [4.78, 5) is 11.7. The average Bonchev–Trinajstić information content (AvgIpc) is 2.89. The van der Waals surface area contributed by atoms with Gasteiger partial charge in [0.05, 0.1) is 4.90 Å². The molecule has 2 aromatic carbocycles. The van der Waals surface area contributed by atoms with Gasteiger partial charge in [-0.1, -0.05) is 30.7 Å². The number of carbonyl (C=O) groups is 1. The van der Waals surface area contributed by atoms with Crippen LogP contribution in [-0.2, 0) is 10.0 Å². The van der Waals surface area contributed by atoms with Crippen LogP contribution in [-0.4, -0.2) is 31.6 Å². The SMILES string of the molecule is CC(=O)c1cccc(S(=O)(=O)N2CCCCC(c3ccc(F)cc3)C2)c1. The lowest BCUT2D eigenvalue weighted by Gasteiger charge is -2.24. The van der Waals surface area contributed by atoms with Gasteiger partial charge in [0.1, 0.15) is 5.82 Å². The summed E-state index contributed by atoms with van der Waals surface area (Å²) in [6.07, 6.45) is 2.57.